The molecule has 3 aromatic rings. The Morgan fingerprint density at radius 2 is 1.62 bits per heavy atom. The molecule has 0 saturated heterocycles. The van der Waals surface area contributed by atoms with Gasteiger partial charge in [0.05, 0.1) is 12.2 Å². The average Bonchev–Trinajstić information content (AvgIpc) is 2.86. The second kappa shape index (κ2) is 4.66. The van der Waals surface area contributed by atoms with E-state index in [1.807, 2.05) is 55.5 Å². The fourth-order valence-electron chi connectivity index (χ4n) is 2.56. The average molecular weight is 279 g/mol. The van der Waals surface area contributed by atoms with Crippen molar-refractivity contribution in [1.82, 2.24) is 5.16 Å². The van der Waals surface area contributed by atoms with Crippen molar-refractivity contribution < 1.29 is 14.0 Å². The van der Waals surface area contributed by atoms with Gasteiger partial charge in [0.15, 0.2) is 0 Å². The first-order valence-corrected chi connectivity index (χ1v) is 6.87. The van der Waals surface area contributed by atoms with Crippen LogP contribution in [0.15, 0.2) is 53.1 Å². The molecule has 1 aliphatic rings. The fraction of sp³-hybridized carbons (Fsp3) is 0.118. The van der Waals surface area contributed by atoms with Crippen molar-refractivity contribution in [1.29, 1.82) is 0 Å². The summed E-state index contributed by atoms with van der Waals surface area (Å²) in [6, 6.07) is 15.6. The number of rotatable bonds is 2. The molecule has 4 rings (SSSR count). The maximum absolute atomic E-state index is 6.04. The van der Waals surface area contributed by atoms with Crippen LogP contribution < -0.4 is 9.47 Å². The van der Waals surface area contributed by atoms with E-state index in [4.69, 9.17) is 14.0 Å². The number of fused-ring (bicyclic) bond motifs is 5. The molecule has 0 saturated carbocycles. The van der Waals surface area contributed by atoms with E-state index in [0.717, 1.165) is 33.9 Å². The Bertz CT molecular complexity index is 807. The van der Waals surface area contributed by atoms with Crippen LogP contribution in [-0.4, -0.2) is 11.8 Å². The van der Waals surface area contributed by atoms with E-state index in [0.29, 0.717) is 12.6 Å². The summed E-state index contributed by atoms with van der Waals surface area (Å²) in [6.07, 6.45) is 0. The maximum Gasteiger partial charge on any atom is 0.319 e. The van der Waals surface area contributed by atoms with Gasteiger partial charge in [-0.25, -0.2) is 0 Å². The van der Waals surface area contributed by atoms with Crippen molar-refractivity contribution in [2.45, 2.75) is 6.92 Å². The quantitative estimate of drug-likeness (QED) is 0.541. The Hall–Kier alpha value is -2.75. The number of para-hydroxylation sites is 2. The van der Waals surface area contributed by atoms with Gasteiger partial charge in [0, 0.05) is 11.1 Å². The van der Waals surface area contributed by atoms with Crippen molar-refractivity contribution >= 4 is 0 Å². The van der Waals surface area contributed by atoms with E-state index in [1.165, 1.54) is 0 Å². The van der Waals surface area contributed by atoms with Crippen LogP contribution in [-0.2, 0) is 0 Å². The number of benzene rings is 2. The SMILES string of the molecule is CCOc1onc2c1-c1ccccc1Oc1ccccc1-2. The van der Waals surface area contributed by atoms with E-state index in [2.05, 4.69) is 5.16 Å². The Balaban J connectivity index is 2.06. The summed E-state index contributed by atoms with van der Waals surface area (Å²) >= 11 is 0. The van der Waals surface area contributed by atoms with Crippen LogP contribution in [0, 0.1) is 0 Å². The van der Waals surface area contributed by atoms with Crippen LogP contribution in [0.25, 0.3) is 22.4 Å². The topological polar surface area (TPSA) is 44.5 Å². The van der Waals surface area contributed by atoms with Gasteiger partial charge in [-0.05, 0) is 25.1 Å². The third-order valence-corrected chi connectivity index (χ3v) is 3.45. The molecule has 4 heteroatoms. The summed E-state index contributed by atoms with van der Waals surface area (Å²) in [6.45, 7) is 2.44. The number of ether oxygens (including phenoxy) is 2. The highest BCUT2D eigenvalue weighted by molar-refractivity contribution is 5.90. The van der Waals surface area contributed by atoms with Gasteiger partial charge in [-0.1, -0.05) is 35.5 Å². The summed E-state index contributed by atoms with van der Waals surface area (Å²) in [5.74, 6) is 1.97. The van der Waals surface area contributed by atoms with Gasteiger partial charge in [-0.3, -0.25) is 0 Å². The van der Waals surface area contributed by atoms with Gasteiger partial charge in [-0.15, -0.1) is 0 Å². The van der Waals surface area contributed by atoms with Gasteiger partial charge < -0.3 is 14.0 Å². The number of hydrogen-bond acceptors (Lipinski definition) is 4. The molecule has 0 amide bonds. The van der Waals surface area contributed by atoms with E-state index in [-0.39, 0.29) is 0 Å². The number of aromatic nitrogens is 1. The van der Waals surface area contributed by atoms with Gasteiger partial charge >= 0.3 is 5.95 Å². The summed E-state index contributed by atoms with van der Waals surface area (Å²) in [5.41, 5.74) is 3.42. The molecule has 0 fully saturated rings. The lowest BCUT2D eigenvalue weighted by molar-refractivity contribution is 0.227. The molecule has 0 spiro atoms. The molecule has 2 aromatic carbocycles. The molecule has 1 aliphatic heterocycles. The monoisotopic (exact) mass is 279 g/mol. The highest BCUT2D eigenvalue weighted by atomic mass is 16.6. The van der Waals surface area contributed by atoms with Crippen LogP contribution in [0.1, 0.15) is 6.92 Å². The predicted molar refractivity (Wildman–Crippen MR) is 78.6 cm³/mol. The van der Waals surface area contributed by atoms with Crippen molar-refractivity contribution in [2.24, 2.45) is 0 Å². The van der Waals surface area contributed by atoms with Crippen molar-refractivity contribution in [3.8, 4) is 39.8 Å². The molecular formula is C17H13NO3. The first kappa shape index (κ1) is 12.0. The molecular weight excluding hydrogens is 266 g/mol. The Morgan fingerprint density at radius 3 is 2.38 bits per heavy atom. The molecule has 0 radical (unpaired) electrons. The summed E-state index contributed by atoms with van der Waals surface area (Å²) in [4.78, 5) is 0. The first-order chi connectivity index (χ1) is 10.4. The smallest absolute Gasteiger partial charge is 0.319 e. The molecule has 1 aromatic heterocycles. The Kier molecular flexibility index (Phi) is 2.67. The molecule has 0 atom stereocenters. The maximum atomic E-state index is 6.04. The molecule has 0 unspecified atom stereocenters. The Labute approximate surface area is 121 Å². The standard InChI is InChI=1S/C17H13NO3/c1-2-19-17-15-11-7-3-5-9-13(11)20-14-10-6-4-8-12(14)16(15)18-21-17/h3-10H,2H2,1H3. The van der Waals surface area contributed by atoms with Gasteiger partial charge in [-0.2, -0.15) is 0 Å². The molecule has 104 valence electrons. The van der Waals surface area contributed by atoms with Crippen molar-refractivity contribution in [2.75, 3.05) is 6.61 Å². The number of nitrogens with zero attached hydrogens (tertiary/aromatic N) is 1. The van der Waals surface area contributed by atoms with E-state index in [9.17, 15) is 0 Å². The summed E-state index contributed by atoms with van der Waals surface area (Å²) in [5, 5.41) is 4.20. The lowest BCUT2D eigenvalue weighted by Crippen LogP contribution is -1.92. The van der Waals surface area contributed by atoms with Crippen LogP contribution in [0.5, 0.6) is 17.4 Å². The highest BCUT2D eigenvalue weighted by Crippen LogP contribution is 2.49. The summed E-state index contributed by atoms with van der Waals surface area (Å²) < 4.78 is 17.0. The van der Waals surface area contributed by atoms with E-state index in [1.54, 1.807) is 0 Å². The van der Waals surface area contributed by atoms with E-state index >= 15 is 0 Å². The minimum absolute atomic E-state index is 0.431. The zero-order valence-electron chi connectivity index (χ0n) is 11.5. The molecule has 2 heterocycles. The zero-order chi connectivity index (χ0) is 14.2. The van der Waals surface area contributed by atoms with Crippen LogP contribution in [0.2, 0.25) is 0 Å². The minimum atomic E-state index is 0.431. The normalized spacial score (nSPS) is 11.7. The first-order valence-electron chi connectivity index (χ1n) is 6.87. The van der Waals surface area contributed by atoms with Crippen LogP contribution >= 0.6 is 0 Å². The molecule has 4 nitrogen and oxygen atoms in total. The van der Waals surface area contributed by atoms with Crippen molar-refractivity contribution in [3.05, 3.63) is 48.5 Å². The van der Waals surface area contributed by atoms with Crippen LogP contribution in [0.4, 0.5) is 0 Å². The van der Waals surface area contributed by atoms with Gasteiger partial charge in [0.2, 0.25) is 0 Å². The zero-order valence-corrected chi connectivity index (χ0v) is 11.5. The van der Waals surface area contributed by atoms with Gasteiger partial charge in [0.1, 0.15) is 17.2 Å². The minimum Gasteiger partial charge on any atom is -0.464 e. The molecule has 0 bridgehead atoms. The Morgan fingerprint density at radius 1 is 0.952 bits per heavy atom. The largest absolute Gasteiger partial charge is 0.464 e. The lowest BCUT2D eigenvalue weighted by atomic mass is 10.0. The molecule has 0 aliphatic carbocycles. The van der Waals surface area contributed by atoms with Crippen LogP contribution in [0.3, 0.4) is 0 Å². The van der Waals surface area contributed by atoms with Gasteiger partial charge in [0.25, 0.3) is 0 Å². The number of hydrogen-bond donors (Lipinski definition) is 0. The lowest BCUT2D eigenvalue weighted by Gasteiger charge is -2.08. The second-order valence-electron chi connectivity index (χ2n) is 4.72. The van der Waals surface area contributed by atoms with Crippen molar-refractivity contribution in [3.63, 3.8) is 0 Å². The summed E-state index contributed by atoms with van der Waals surface area (Å²) in [7, 11) is 0. The fourth-order valence-corrected chi connectivity index (χ4v) is 2.56. The predicted octanol–water partition coefficient (Wildman–Crippen LogP) is 4.51. The third kappa shape index (κ3) is 1.80. The third-order valence-electron chi connectivity index (χ3n) is 3.45. The van der Waals surface area contributed by atoms with E-state index < -0.39 is 0 Å². The second-order valence-corrected chi connectivity index (χ2v) is 4.72. The molecule has 0 N–H and O–H groups in total. The highest BCUT2D eigenvalue weighted by Gasteiger charge is 2.28. The molecule has 21 heavy (non-hydrogen) atoms.